The third kappa shape index (κ3) is 5.35. The van der Waals surface area contributed by atoms with Crippen LogP contribution in [0, 0.1) is 0 Å². The molecular formula is C30H14Cl8N4O4. The van der Waals surface area contributed by atoms with Gasteiger partial charge in [-0.3, -0.25) is 9.59 Å². The Morgan fingerprint density at radius 2 is 0.826 bits per heavy atom. The van der Waals surface area contributed by atoms with Gasteiger partial charge in [-0.05, 0) is 35.4 Å². The molecule has 2 N–H and O–H groups in total. The van der Waals surface area contributed by atoms with E-state index in [4.69, 9.17) is 102 Å². The molecule has 0 aliphatic carbocycles. The lowest BCUT2D eigenvalue weighted by Crippen LogP contribution is -2.21. The van der Waals surface area contributed by atoms with Crippen molar-refractivity contribution in [2.45, 2.75) is 0 Å². The number of hydrogen-bond acceptors (Lipinski definition) is 6. The fourth-order valence-corrected chi connectivity index (χ4v) is 6.96. The minimum absolute atomic E-state index is 0.000682. The van der Waals surface area contributed by atoms with Crippen LogP contribution in [0.5, 0.6) is 11.5 Å². The number of amides is 2. The van der Waals surface area contributed by atoms with Crippen LogP contribution < -0.4 is 20.1 Å². The van der Waals surface area contributed by atoms with E-state index in [9.17, 15) is 9.59 Å². The summed E-state index contributed by atoms with van der Waals surface area (Å²) in [5, 5.41) is 5.27. The molecule has 4 aromatic carbocycles. The summed E-state index contributed by atoms with van der Waals surface area (Å²) < 4.78 is 11.2. The van der Waals surface area contributed by atoms with E-state index in [1.165, 1.54) is 14.2 Å². The molecule has 4 aromatic rings. The first-order chi connectivity index (χ1) is 21.9. The highest BCUT2D eigenvalue weighted by atomic mass is 35.5. The average molecular weight is 778 g/mol. The number of nitrogens with one attached hydrogen (secondary N) is 2. The molecule has 2 aliphatic rings. The van der Waals surface area contributed by atoms with Crippen LogP contribution in [-0.4, -0.2) is 37.7 Å². The Balaban J connectivity index is 1.37. The number of hydrogen-bond donors (Lipinski definition) is 2. The number of carbonyl (C=O) groups excluding carboxylic acids is 2. The maximum Gasteiger partial charge on any atom is 0.259 e. The number of amidine groups is 2. The van der Waals surface area contributed by atoms with Crippen molar-refractivity contribution in [3.8, 4) is 22.6 Å². The van der Waals surface area contributed by atoms with Gasteiger partial charge in [0.15, 0.2) is 0 Å². The first-order valence-corrected chi connectivity index (χ1v) is 15.8. The van der Waals surface area contributed by atoms with Crippen LogP contribution in [0.15, 0.2) is 46.4 Å². The lowest BCUT2D eigenvalue weighted by molar-refractivity contribution is 0.0975. The molecule has 234 valence electrons. The number of halogens is 8. The SMILES string of the molecule is COc1cc(-c2ccc(/N=C3\NC(=O)c4c(Cl)c(Cl)c(Cl)c(Cl)c43)c(OC)c2)ccc1/N=C1\NC(=O)c2c(Cl)c(Cl)c(Cl)c(Cl)c21. The molecule has 0 bridgehead atoms. The van der Waals surface area contributed by atoms with E-state index in [1.807, 2.05) is 0 Å². The number of carbonyl (C=O) groups is 2. The van der Waals surface area contributed by atoms with Gasteiger partial charge in [0.05, 0.1) is 76.7 Å². The Hall–Kier alpha value is -2.92. The zero-order chi connectivity index (χ0) is 33.2. The summed E-state index contributed by atoms with van der Waals surface area (Å²) in [6.45, 7) is 0. The highest BCUT2D eigenvalue weighted by Gasteiger charge is 2.35. The van der Waals surface area contributed by atoms with E-state index in [2.05, 4.69) is 20.6 Å². The van der Waals surface area contributed by atoms with Gasteiger partial charge < -0.3 is 20.1 Å². The summed E-state index contributed by atoms with van der Waals surface area (Å²) in [4.78, 5) is 34.6. The van der Waals surface area contributed by atoms with Crippen LogP contribution in [0.25, 0.3) is 11.1 Å². The zero-order valence-corrected chi connectivity index (χ0v) is 29.1. The summed E-state index contributed by atoms with van der Waals surface area (Å²) in [6, 6.07) is 10.5. The van der Waals surface area contributed by atoms with Crippen molar-refractivity contribution in [3.63, 3.8) is 0 Å². The molecule has 0 aromatic heterocycles. The van der Waals surface area contributed by atoms with E-state index in [1.54, 1.807) is 36.4 Å². The molecule has 0 saturated heterocycles. The number of rotatable bonds is 5. The van der Waals surface area contributed by atoms with Crippen molar-refractivity contribution >= 4 is 128 Å². The van der Waals surface area contributed by atoms with Crippen molar-refractivity contribution in [3.05, 3.63) is 98.8 Å². The minimum Gasteiger partial charge on any atom is -0.494 e. The quantitative estimate of drug-likeness (QED) is 0.156. The topological polar surface area (TPSA) is 101 Å². The Morgan fingerprint density at radius 3 is 1.15 bits per heavy atom. The van der Waals surface area contributed by atoms with Crippen LogP contribution in [0.1, 0.15) is 31.8 Å². The number of benzene rings is 4. The molecule has 0 unspecified atom stereocenters. The lowest BCUT2D eigenvalue weighted by atomic mass is 10.0. The van der Waals surface area contributed by atoms with Gasteiger partial charge in [0.1, 0.15) is 34.5 Å². The Bertz CT molecular complexity index is 1970. The van der Waals surface area contributed by atoms with Gasteiger partial charge in [-0.25, -0.2) is 9.98 Å². The molecule has 0 fully saturated rings. The summed E-state index contributed by atoms with van der Waals surface area (Å²) in [6.07, 6.45) is 0. The molecule has 2 amide bonds. The van der Waals surface area contributed by atoms with E-state index in [0.717, 1.165) is 11.1 Å². The predicted octanol–water partition coefficient (Wildman–Crippen LogP) is 10.2. The van der Waals surface area contributed by atoms with Crippen LogP contribution in [0.2, 0.25) is 40.2 Å². The van der Waals surface area contributed by atoms with Crippen LogP contribution in [-0.2, 0) is 0 Å². The second kappa shape index (κ2) is 12.6. The van der Waals surface area contributed by atoms with Crippen molar-refractivity contribution < 1.29 is 19.1 Å². The fourth-order valence-electron chi connectivity index (χ4n) is 4.91. The monoisotopic (exact) mass is 774 g/mol. The smallest absolute Gasteiger partial charge is 0.259 e. The number of ether oxygens (including phenoxy) is 2. The van der Waals surface area contributed by atoms with Gasteiger partial charge in [-0.1, -0.05) is 105 Å². The van der Waals surface area contributed by atoms with Crippen molar-refractivity contribution in [1.29, 1.82) is 0 Å². The largest absolute Gasteiger partial charge is 0.494 e. The molecule has 16 heteroatoms. The third-order valence-corrected chi connectivity index (χ3v) is 10.7. The lowest BCUT2D eigenvalue weighted by Gasteiger charge is -2.12. The molecule has 2 aliphatic heterocycles. The van der Waals surface area contributed by atoms with E-state index in [0.29, 0.717) is 22.9 Å². The van der Waals surface area contributed by atoms with E-state index < -0.39 is 11.8 Å². The van der Waals surface area contributed by atoms with Crippen molar-refractivity contribution in [2.75, 3.05) is 14.2 Å². The van der Waals surface area contributed by atoms with Gasteiger partial charge in [0, 0.05) is 0 Å². The molecule has 0 spiro atoms. The minimum atomic E-state index is -0.525. The third-order valence-electron chi connectivity index (χ3n) is 7.08. The molecule has 0 saturated carbocycles. The first kappa shape index (κ1) is 33.0. The average Bonchev–Trinajstić information content (AvgIpc) is 3.56. The molecule has 8 nitrogen and oxygen atoms in total. The second-order valence-corrected chi connectivity index (χ2v) is 12.6. The van der Waals surface area contributed by atoms with E-state index >= 15 is 0 Å². The Morgan fingerprint density at radius 1 is 0.500 bits per heavy atom. The highest BCUT2D eigenvalue weighted by molar-refractivity contribution is 6.56. The van der Waals surface area contributed by atoms with Gasteiger partial charge >= 0.3 is 0 Å². The predicted molar refractivity (Wildman–Crippen MR) is 185 cm³/mol. The molecule has 0 atom stereocenters. The van der Waals surface area contributed by atoms with Crippen LogP contribution in [0.3, 0.4) is 0 Å². The zero-order valence-electron chi connectivity index (χ0n) is 23.0. The van der Waals surface area contributed by atoms with Crippen molar-refractivity contribution in [1.82, 2.24) is 10.6 Å². The Kier molecular flexibility index (Phi) is 9.04. The number of fused-ring (bicyclic) bond motifs is 2. The normalized spacial score (nSPS) is 15.3. The molecule has 0 radical (unpaired) electrons. The maximum absolute atomic E-state index is 12.7. The number of aliphatic imine (C=N–C) groups is 2. The van der Waals surface area contributed by atoms with Crippen molar-refractivity contribution in [2.24, 2.45) is 9.98 Å². The van der Waals surface area contributed by atoms with Gasteiger partial charge in [0.25, 0.3) is 11.8 Å². The summed E-state index contributed by atoms with van der Waals surface area (Å²) in [7, 11) is 2.96. The van der Waals surface area contributed by atoms with Crippen LogP contribution in [0.4, 0.5) is 11.4 Å². The maximum atomic E-state index is 12.7. The molecule has 46 heavy (non-hydrogen) atoms. The van der Waals surface area contributed by atoms with Gasteiger partial charge in [-0.2, -0.15) is 0 Å². The van der Waals surface area contributed by atoms with E-state index in [-0.39, 0.29) is 74.1 Å². The molecule has 6 rings (SSSR count). The highest BCUT2D eigenvalue weighted by Crippen LogP contribution is 2.46. The summed E-state index contributed by atoms with van der Waals surface area (Å²) >= 11 is 50.2. The first-order valence-electron chi connectivity index (χ1n) is 12.8. The Labute approximate surface area is 301 Å². The number of methoxy groups -OCH3 is 2. The van der Waals surface area contributed by atoms with Crippen LogP contribution >= 0.6 is 92.8 Å². The van der Waals surface area contributed by atoms with Gasteiger partial charge in [-0.15, -0.1) is 0 Å². The second-order valence-electron chi connectivity index (χ2n) is 9.61. The summed E-state index contributed by atoms with van der Waals surface area (Å²) in [5.74, 6) is -0.0254. The summed E-state index contributed by atoms with van der Waals surface area (Å²) in [5.41, 5.74) is 2.85. The molecule has 2 heterocycles. The number of nitrogens with zero attached hydrogens (tertiary/aromatic N) is 2. The van der Waals surface area contributed by atoms with Gasteiger partial charge in [0.2, 0.25) is 0 Å². The molecular weight excluding hydrogens is 764 g/mol. The fraction of sp³-hybridized carbons (Fsp3) is 0.0667. The standard InChI is InChI=1S/C30H14Cl8N4O4/c1-45-13-7-9(3-5-11(13)39-27-15-17(29(43)41-27)21(33)25(37)23(35)19(15)31)10-4-6-12(14(8-10)46-2)40-28-16-18(30(44)42-28)22(34)26(38)24(36)20(16)32/h3-8H,1-2H3,(H,39,41,43)(H,40,42,44).